The van der Waals surface area contributed by atoms with Crippen molar-refractivity contribution in [2.75, 3.05) is 43.4 Å². The van der Waals surface area contributed by atoms with Crippen LogP contribution in [-0.4, -0.2) is 54.1 Å². The highest BCUT2D eigenvalue weighted by atomic mass is 16.5. The molecule has 3 aliphatic rings. The lowest BCUT2D eigenvalue weighted by molar-refractivity contribution is -0.149. The average Bonchev–Trinajstić information content (AvgIpc) is 2.84. The average molecular weight is 465 g/mol. The van der Waals surface area contributed by atoms with Crippen molar-refractivity contribution in [3.05, 3.63) is 58.0 Å². The zero-order chi connectivity index (χ0) is 23.8. The maximum Gasteiger partial charge on any atom is 0.309 e. The number of fused-ring (bicyclic) bond motifs is 4. The molecule has 8 nitrogen and oxygen atoms in total. The fourth-order valence-corrected chi connectivity index (χ4v) is 5.83. The predicted octanol–water partition coefficient (Wildman–Crippen LogP) is 2.47. The number of ether oxygens (including phenoxy) is 1. The first-order valence-electron chi connectivity index (χ1n) is 12.2. The number of rotatable bonds is 4. The van der Waals surface area contributed by atoms with Crippen molar-refractivity contribution in [2.24, 2.45) is 11.8 Å². The monoisotopic (exact) mass is 464 g/mol. The van der Waals surface area contributed by atoms with E-state index in [1.54, 1.807) is 24.0 Å². The molecule has 180 valence electrons. The summed E-state index contributed by atoms with van der Waals surface area (Å²) in [6.45, 7) is 5.65. The van der Waals surface area contributed by atoms with Crippen LogP contribution < -0.4 is 16.2 Å². The Morgan fingerprint density at radius 2 is 1.88 bits per heavy atom. The van der Waals surface area contributed by atoms with Crippen molar-refractivity contribution >= 4 is 23.3 Å². The summed E-state index contributed by atoms with van der Waals surface area (Å²) in [7, 11) is 0. The first-order chi connectivity index (χ1) is 16.4. The van der Waals surface area contributed by atoms with Crippen LogP contribution in [0.15, 0.2) is 41.2 Å². The van der Waals surface area contributed by atoms with E-state index in [0.717, 1.165) is 37.4 Å². The first kappa shape index (κ1) is 22.5. The topological polar surface area (TPSA) is 97.9 Å². The standard InChI is InChI=1S/C26H32N4O4/c1-2-34-26(33)18-8-10-28(11-9-18)25(32)19-6-7-23(21(27)13-19)29-14-17-12-20(16-29)22-4-3-5-24(31)30(22)15-17/h3-7,13,17-18,20H,2,8-12,14-16,27H2,1H3. The molecule has 4 heterocycles. The molecule has 0 radical (unpaired) electrons. The summed E-state index contributed by atoms with van der Waals surface area (Å²) in [4.78, 5) is 41.4. The van der Waals surface area contributed by atoms with Gasteiger partial charge in [0.25, 0.3) is 11.5 Å². The highest BCUT2D eigenvalue weighted by molar-refractivity contribution is 5.96. The van der Waals surface area contributed by atoms with Gasteiger partial charge in [0, 0.05) is 56.0 Å². The number of hydrogen-bond acceptors (Lipinski definition) is 6. The summed E-state index contributed by atoms with van der Waals surface area (Å²) in [6.07, 6.45) is 2.33. The Hall–Kier alpha value is -3.29. The van der Waals surface area contributed by atoms with E-state index in [4.69, 9.17) is 10.5 Å². The number of anilines is 2. The van der Waals surface area contributed by atoms with Crippen LogP contribution >= 0.6 is 0 Å². The minimum Gasteiger partial charge on any atom is -0.466 e. The van der Waals surface area contributed by atoms with Gasteiger partial charge in [-0.2, -0.15) is 0 Å². The predicted molar refractivity (Wildman–Crippen MR) is 130 cm³/mol. The number of nitrogens with zero attached hydrogens (tertiary/aromatic N) is 3. The Morgan fingerprint density at radius 3 is 2.62 bits per heavy atom. The van der Waals surface area contributed by atoms with Gasteiger partial charge < -0.3 is 24.8 Å². The molecule has 1 amide bonds. The highest BCUT2D eigenvalue weighted by Crippen LogP contribution is 2.38. The van der Waals surface area contributed by atoms with Crippen LogP contribution in [0.3, 0.4) is 0 Å². The number of pyridine rings is 1. The van der Waals surface area contributed by atoms with Crippen molar-refractivity contribution in [1.82, 2.24) is 9.47 Å². The van der Waals surface area contributed by atoms with E-state index in [2.05, 4.69) is 11.0 Å². The third-order valence-electron chi connectivity index (χ3n) is 7.50. The maximum absolute atomic E-state index is 13.1. The summed E-state index contributed by atoms with van der Waals surface area (Å²) < 4.78 is 7.04. The van der Waals surface area contributed by atoms with E-state index in [1.165, 1.54) is 0 Å². The van der Waals surface area contributed by atoms with Gasteiger partial charge in [0.1, 0.15) is 0 Å². The smallest absolute Gasteiger partial charge is 0.309 e. The molecule has 34 heavy (non-hydrogen) atoms. The number of hydrogen-bond donors (Lipinski definition) is 1. The molecule has 0 saturated carbocycles. The molecular weight excluding hydrogens is 432 g/mol. The van der Waals surface area contributed by atoms with Gasteiger partial charge >= 0.3 is 5.97 Å². The number of nitrogen functional groups attached to an aromatic ring is 1. The Labute approximate surface area is 199 Å². The number of carbonyl (C=O) groups excluding carboxylic acids is 2. The summed E-state index contributed by atoms with van der Waals surface area (Å²) in [5.74, 6) is 0.345. The largest absolute Gasteiger partial charge is 0.466 e. The number of nitrogens with two attached hydrogens (primary N) is 1. The summed E-state index contributed by atoms with van der Waals surface area (Å²) in [5.41, 5.74) is 9.75. The normalized spacial score (nSPS) is 22.3. The fraction of sp³-hybridized carbons (Fsp3) is 0.500. The zero-order valence-corrected chi connectivity index (χ0v) is 19.6. The molecule has 2 atom stereocenters. The van der Waals surface area contributed by atoms with E-state index in [1.807, 2.05) is 22.8 Å². The summed E-state index contributed by atoms with van der Waals surface area (Å²) >= 11 is 0. The van der Waals surface area contributed by atoms with Crippen LogP contribution in [0, 0.1) is 11.8 Å². The van der Waals surface area contributed by atoms with Crippen LogP contribution in [0.25, 0.3) is 0 Å². The molecule has 2 bridgehead atoms. The Bertz CT molecular complexity index is 1150. The third kappa shape index (κ3) is 4.17. The second-order valence-corrected chi connectivity index (χ2v) is 9.70. The molecule has 5 rings (SSSR count). The van der Waals surface area contributed by atoms with E-state index < -0.39 is 0 Å². The first-order valence-corrected chi connectivity index (χ1v) is 12.2. The molecule has 0 aliphatic carbocycles. The minimum atomic E-state index is -0.165. The molecule has 2 saturated heterocycles. The molecule has 2 N–H and O–H groups in total. The maximum atomic E-state index is 13.1. The Kier molecular flexibility index (Phi) is 6.06. The van der Waals surface area contributed by atoms with Gasteiger partial charge in [0.15, 0.2) is 0 Å². The van der Waals surface area contributed by atoms with Gasteiger partial charge in [-0.1, -0.05) is 6.07 Å². The lowest BCUT2D eigenvalue weighted by atomic mass is 9.83. The molecular formula is C26H32N4O4. The summed E-state index contributed by atoms with van der Waals surface area (Å²) in [5, 5.41) is 0. The molecule has 8 heteroatoms. The highest BCUT2D eigenvalue weighted by Gasteiger charge is 2.35. The third-order valence-corrected chi connectivity index (χ3v) is 7.50. The molecule has 2 aromatic rings. The van der Waals surface area contributed by atoms with E-state index >= 15 is 0 Å². The number of likely N-dealkylation sites (tertiary alicyclic amines) is 1. The van der Waals surface area contributed by atoms with Crippen LogP contribution in [0.1, 0.15) is 48.2 Å². The van der Waals surface area contributed by atoms with Crippen molar-refractivity contribution in [3.8, 4) is 0 Å². The number of benzene rings is 1. The SMILES string of the molecule is CCOC(=O)C1CCN(C(=O)c2ccc(N3CC4CC(C3)c3cccc(=O)n3C4)c(N)c2)CC1. The number of aromatic nitrogens is 1. The quantitative estimate of drug-likeness (QED) is 0.552. The van der Waals surface area contributed by atoms with E-state index in [9.17, 15) is 14.4 Å². The van der Waals surface area contributed by atoms with E-state index in [0.29, 0.717) is 55.6 Å². The second-order valence-electron chi connectivity index (χ2n) is 9.70. The fourth-order valence-electron chi connectivity index (χ4n) is 5.83. The van der Waals surface area contributed by atoms with Gasteiger partial charge in [0.2, 0.25) is 0 Å². The van der Waals surface area contributed by atoms with Crippen LogP contribution in [0.5, 0.6) is 0 Å². The zero-order valence-electron chi connectivity index (χ0n) is 19.6. The Balaban J connectivity index is 1.27. The number of carbonyl (C=O) groups is 2. The van der Waals surface area contributed by atoms with Crippen molar-refractivity contribution in [2.45, 2.75) is 38.6 Å². The molecule has 2 unspecified atom stereocenters. The van der Waals surface area contributed by atoms with Gasteiger partial charge in [-0.25, -0.2) is 0 Å². The van der Waals surface area contributed by atoms with Crippen LogP contribution in [0.2, 0.25) is 0 Å². The van der Waals surface area contributed by atoms with E-state index in [-0.39, 0.29) is 23.4 Å². The molecule has 3 aliphatic heterocycles. The molecule has 2 fully saturated rings. The molecule has 1 aromatic carbocycles. The lowest BCUT2D eigenvalue weighted by Crippen LogP contribution is -2.47. The molecule has 1 aromatic heterocycles. The number of esters is 1. The van der Waals surface area contributed by atoms with Gasteiger partial charge in [-0.3, -0.25) is 14.4 Å². The second kappa shape index (κ2) is 9.16. The van der Waals surface area contributed by atoms with Gasteiger partial charge in [-0.15, -0.1) is 0 Å². The summed E-state index contributed by atoms with van der Waals surface area (Å²) in [6, 6.07) is 11.1. The van der Waals surface area contributed by atoms with Crippen LogP contribution in [0.4, 0.5) is 11.4 Å². The van der Waals surface area contributed by atoms with Gasteiger partial charge in [-0.05, 0) is 56.4 Å². The van der Waals surface area contributed by atoms with Crippen molar-refractivity contribution in [1.29, 1.82) is 0 Å². The minimum absolute atomic E-state index is 0.0515. The molecule has 0 spiro atoms. The Morgan fingerprint density at radius 1 is 1.09 bits per heavy atom. The number of amides is 1. The van der Waals surface area contributed by atoms with Gasteiger partial charge in [0.05, 0.1) is 23.9 Å². The number of piperidine rings is 2. The lowest BCUT2D eigenvalue weighted by Gasteiger charge is -2.44. The van der Waals surface area contributed by atoms with Crippen molar-refractivity contribution < 1.29 is 14.3 Å². The van der Waals surface area contributed by atoms with Crippen LogP contribution in [-0.2, 0) is 16.1 Å². The van der Waals surface area contributed by atoms with Crippen molar-refractivity contribution in [3.63, 3.8) is 0 Å².